The minimum atomic E-state index is -0.788. The van der Waals surface area contributed by atoms with Gasteiger partial charge in [-0.15, -0.1) is 0 Å². The zero-order chi connectivity index (χ0) is 23.5. The molecule has 0 bridgehead atoms. The van der Waals surface area contributed by atoms with Crippen molar-refractivity contribution in [2.75, 3.05) is 24.7 Å². The van der Waals surface area contributed by atoms with Gasteiger partial charge in [0.1, 0.15) is 11.9 Å². The molecule has 3 aromatic rings. The van der Waals surface area contributed by atoms with Gasteiger partial charge in [0.15, 0.2) is 0 Å². The van der Waals surface area contributed by atoms with E-state index < -0.39 is 5.97 Å². The molecule has 0 heterocycles. The maximum atomic E-state index is 10.6. The van der Waals surface area contributed by atoms with Gasteiger partial charge in [0.25, 0.3) is 0 Å². The number of carbonyl (C=O) groups is 1. The molecule has 0 amide bonds. The van der Waals surface area contributed by atoms with Crippen LogP contribution < -0.4 is 4.74 Å². The second kappa shape index (κ2) is 13.5. The summed E-state index contributed by atoms with van der Waals surface area (Å²) in [7, 11) is 0. The monoisotopic (exact) mass is 504 g/mol. The zero-order valence-electron chi connectivity index (χ0n) is 18.1. The van der Waals surface area contributed by atoms with E-state index in [-0.39, 0.29) is 12.5 Å². The van der Waals surface area contributed by atoms with Gasteiger partial charge in [0.05, 0.1) is 13.2 Å². The molecule has 0 radical (unpaired) electrons. The summed E-state index contributed by atoms with van der Waals surface area (Å²) in [4.78, 5) is 10.6. The van der Waals surface area contributed by atoms with Crippen molar-refractivity contribution in [2.24, 2.45) is 0 Å². The van der Waals surface area contributed by atoms with Crippen LogP contribution in [0.1, 0.15) is 29.2 Å². The van der Waals surface area contributed by atoms with Crippen molar-refractivity contribution in [3.05, 3.63) is 99.5 Å². The van der Waals surface area contributed by atoms with Gasteiger partial charge in [-0.25, -0.2) is 0 Å². The maximum Gasteiger partial charge on any atom is 0.303 e. The molecule has 3 aromatic carbocycles. The molecule has 0 saturated carbocycles. The van der Waals surface area contributed by atoms with Crippen LogP contribution in [0.4, 0.5) is 0 Å². The van der Waals surface area contributed by atoms with E-state index in [1.165, 1.54) is 0 Å². The molecule has 0 aliphatic heterocycles. The standard InChI is InChI=1S/C26H26Cl2O4S/c27-22-8-4-20(5-9-22)26(21-6-10-23(28)11-7-21)32-16-18-33-17-15-31-24-12-1-19(2-13-24)3-14-25(29)30/h1-2,4-13,26H,3,14-18H2,(H,29,30). The largest absolute Gasteiger partial charge is 0.493 e. The van der Waals surface area contributed by atoms with Crippen molar-refractivity contribution in [3.8, 4) is 5.75 Å². The predicted molar refractivity (Wildman–Crippen MR) is 136 cm³/mol. The lowest BCUT2D eigenvalue weighted by molar-refractivity contribution is -0.136. The molecule has 174 valence electrons. The molecule has 1 N–H and O–H groups in total. The van der Waals surface area contributed by atoms with Crippen LogP contribution in [0.3, 0.4) is 0 Å². The van der Waals surface area contributed by atoms with E-state index in [4.69, 9.17) is 37.8 Å². The first kappa shape index (κ1) is 25.4. The van der Waals surface area contributed by atoms with Crippen molar-refractivity contribution in [1.82, 2.24) is 0 Å². The van der Waals surface area contributed by atoms with E-state index in [0.717, 1.165) is 33.9 Å². The number of halogens is 2. The summed E-state index contributed by atoms with van der Waals surface area (Å²) in [6.45, 7) is 1.19. The summed E-state index contributed by atoms with van der Waals surface area (Å²) < 4.78 is 12.0. The topological polar surface area (TPSA) is 55.8 Å². The van der Waals surface area contributed by atoms with Gasteiger partial charge in [0.2, 0.25) is 0 Å². The first-order valence-corrected chi connectivity index (χ1v) is 12.6. The van der Waals surface area contributed by atoms with E-state index in [9.17, 15) is 4.79 Å². The van der Waals surface area contributed by atoms with Gasteiger partial charge in [-0.2, -0.15) is 11.8 Å². The number of carboxylic acid groups (broad SMARTS) is 1. The molecular formula is C26H26Cl2O4S. The first-order valence-electron chi connectivity index (χ1n) is 10.6. The van der Waals surface area contributed by atoms with Crippen LogP contribution in [-0.4, -0.2) is 35.8 Å². The lowest BCUT2D eigenvalue weighted by Crippen LogP contribution is -2.09. The number of carboxylic acids is 1. The zero-order valence-corrected chi connectivity index (χ0v) is 20.4. The molecule has 0 fully saturated rings. The van der Waals surface area contributed by atoms with Gasteiger partial charge in [-0.1, -0.05) is 59.6 Å². The summed E-state index contributed by atoms with van der Waals surface area (Å²) in [6, 6.07) is 23.0. The van der Waals surface area contributed by atoms with Crippen LogP contribution in [0.2, 0.25) is 10.0 Å². The third kappa shape index (κ3) is 8.94. The highest BCUT2D eigenvalue weighted by Gasteiger charge is 2.15. The van der Waals surface area contributed by atoms with Crippen molar-refractivity contribution in [1.29, 1.82) is 0 Å². The number of aliphatic carboxylic acids is 1. The third-order valence-electron chi connectivity index (χ3n) is 4.90. The Morgan fingerprint density at radius 3 is 1.91 bits per heavy atom. The van der Waals surface area contributed by atoms with Crippen molar-refractivity contribution < 1.29 is 19.4 Å². The molecule has 0 unspecified atom stereocenters. The molecule has 33 heavy (non-hydrogen) atoms. The number of thioether (sulfide) groups is 1. The van der Waals surface area contributed by atoms with Gasteiger partial charge < -0.3 is 14.6 Å². The lowest BCUT2D eigenvalue weighted by Gasteiger charge is -2.19. The molecule has 0 spiro atoms. The average Bonchev–Trinajstić information content (AvgIpc) is 2.82. The minimum absolute atomic E-state index is 0.135. The second-order valence-corrected chi connectivity index (χ2v) is 9.45. The highest BCUT2D eigenvalue weighted by atomic mass is 35.5. The van der Waals surface area contributed by atoms with Crippen LogP contribution in [0, 0.1) is 0 Å². The Balaban J connectivity index is 1.40. The number of hydrogen-bond donors (Lipinski definition) is 1. The minimum Gasteiger partial charge on any atom is -0.493 e. The van der Waals surface area contributed by atoms with Gasteiger partial charge in [-0.3, -0.25) is 4.79 Å². The van der Waals surface area contributed by atoms with Crippen LogP contribution >= 0.6 is 35.0 Å². The Hall–Kier alpha value is -2.18. The van der Waals surface area contributed by atoms with E-state index in [0.29, 0.717) is 29.7 Å². The van der Waals surface area contributed by atoms with Crippen molar-refractivity contribution in [3.63, 3.8) is 0 Å². The number of benzene rings is 3. The molecule has 0 aromatic heterocycles. The Bertz CT molecular complexity index is 947. The van der Waals surface area contributed by atoms with Crippen LogP contribution in [0.25, 0.3) is 0 Å². The molecule has 0 aliphatic carbocycles. The first-order chi connectivity index (χ1) is 16.0. The van der Waals surface area contributed by atoms with Gasteiger partial charge >= 0.3 is 5.97 Å². The fourth-order valence-corrected chi connectivity index (χ4v) is 4.08. The maximum absolute atomic E-state index is 10.6. The molecule has 4 nitrogen and oxygen atoms in total. The predicted octanol–water partition coefficient (Wildman–Crippen LogP) is 6.93. The third-order valence-corrected chi connectivity index (χ3v) is 6.32. The van der Waals surface area contributed by atoms with Crippen molar-refractivity contribution in [2.45, 2.75) is 18.9 Å². The highest BCUT2D eigenvalue weighted by Crippen LogP contribution is 2.28. The fourth-order valence-electron chi connectivity index (χ4n) is 3.21. The number of hydrogen-bond acceptors (Lipinski definition) is 4. The smallest absolute Gasteiger partial charge is 0.303 e. The molecule has 0 atom stereocenters. The Kier molecular flexibility index (Phi) is 10.4. The van der Waals surface area contributed by atoms with Crippen LogP contribution in [0.5, 0.6) is 5.75 Å². The lowest BCUT2D eigenvalue weighted by atomic mass is 10.0. The molecular weight excluding hydrogens is 479 g/mol. The molecule has 0 aliphatic rings. The Labute approximate surface area is 208 Å². The fraction of sp³-hybridized carbons (Fsp3) is 0.269. The molecule has 0 saturated heterocycles. The molecule has 3 rings (SSSR count). The summed E-state index contributed by atoms with van der Waals surface area (Å²) in [5.74, 6) is 1.69. The number of ether oxygens (including phenoxy) is 2. The van der Waals surface area contributed by atoms with E-state index in [1.54, 1.807) is 11.8 Å². The van der Waals surface area contributed by atoms with Gasteiger partial charge in [0, 0.05) is 28.0 Å². The number of aryl methyl sites for hydroxylation is 1. The van der Waals surface area contributed by atoms with E-state index in [2.05, 4.69) is 0 Å². The van der Waals surface area contributed by atoms with E-state index >= 15 is 0 Å². The summed E-state index contributed by atoms with van der Waals surface area (Å²) in [5.41, 5.74) is 3.08. The highest BCUT2D eigenvalue weighted by molar-refractivity contribution is 7.99. The van der Waals surface area contributed by atoms with Crippen molar-refractivity contribution >= 4 is 40.9 Å². The Morgan fingerprint density at radius 2 is 1.36 bits per heavy atom. The summed E-state index contributed by atoms with van der Waals surface area (Å²) in [6.07, 6.45) is 0.477. The summed E-state index contributed by atoms with van der Waals surface area (Å²) in [5, 5.41) is 10.1. The quantitative estimate of drug-likeness (QED) is 0.255. The summed E-state index contributed by atoms with van der Waals surface area (Å²) >= 11 is 13.8. The van der Waals surface area contributed by atoms with Crippen LogP contribution in [-0.2, 0) is 16.0 Å². The molecule has 7 heteroatoms. The Morgan fingerprint density at radius 1 is 0.818 bits per heavy atom. The normalized spacial score (nSPS) is 11.0. The van der Waals surface area contributed by atoms with Gasteiger partial charge in [-0.05, 0) is 59.5 Å². The number of rotatable bonds is 13. The van der Waals surface area contributed by atoms with E-state index in [1.807, 2.05) is 72.8 Å². The second-order valence-electron chi connectivity index (χ2n) is 7.35. The SMILES string of the molecule is O=C(O)CCc1ccc(OCCSCCOC(c2ccc(Cl)cc2)c2ccc(Cl)cc2)cc1. The van der Waals surface area contributed by atoms with Crippen LogP contribution in [0.15, 0.2) is 72.8 Å². The average molecular weight is 505 g/mol.